The van der Waals surface area contributed by atoms with Gasteiger partial charge in [0.15, 0.2) is 0 Å². The molecule has 1 aromatic carbocycles. The maximum Gasteiger partial charge on any atom is 0.105 e. The molecule has 3 aliphatic carbocycles. The Labute approximate surface area is 207 Å². The van der Waals surface area contributed by atoms with Gasteiger partial charge in [0.2, 0.25) is 0 Å². The number of nitrogens with zero attached hydrogens (tertiary/aromatic N) is 2. The second kappa shape index (κ2) is 7.25. The van der Waals surface area contributed by atoms with Crippen molar-refractivity contribution in [1.29, 1.82) is 0 Å². The summed E-state index contributed by atoms with van der Waals surface area (Å²) in [5, 5.41) is 24.5. The maximum absolute atomic E-state index is 11.2. The molecule has 2 spiro atoms. The highest BCUT2D eigenvalue weighted by Crippen LogP contribution is 2.69. The van der Waals surface area contributed by atoms with E-state index in [0.717, 1.165) is 37.7 Å². The minimum absolute atomic E-state index is 0.111. The van der Waals surface area contributed by atoms with E-state index in [2.05, 4.69) is 48.3 Å². The molecule has 5 heteroatoms. The smallest absolute Gasteiger partial charge is 0.105 e. The summed E-state index contributed by atoms with van der Waals surface area (Å²) in [6, 6.07) is 8.90. The molecular weight excluding hydrogens is 436 g/mol. The van der Waals surface area contributed by atoms with Crippen LogP contribution in [0.2, 0.25) is 0 Å². The van der Waals surface area contributed by atoms with Gasteiger partial charge in [0.25, 0.3) is 0 Å². The number of allylic oxidation sites excluding steroid dienone is 1. The van der Waals surface area contributed by atoms with Crippen molar-refractivity contribution < 1.29 is 14.9 Å². The zero-order valence-corrected chi connectivity index (χ0v) is 20.9. The van der Waals surface area contributed by atoms with Crippen LogP contribution in [0.5, 0.6) is 0 Å². The minimum Gasteiger partial charge on any atom is -0.388 e. The van der Waals surface area contributed by atoms with Crippen molar-refractivity contribution in [2.75, 3.05) is 14.1 Å². The van der Waals surface area contributed by atoms with E-state index in [1.807, 2.05) is 31.4 Å². The topological polar surface area (TPSA) is 65.8 Å². The quantitative estimate of drug-likeness (QED) is 0.680. The molecule has 0 radical (unpaired) electrons. The second-order valence-electron chi connectivity index (χ2n) is 12.3. The Morgan fingerprint density at radius 3 is 2.77 bits per heavy atom. The van der Waals surface area contributed by atoms with E-state index in [4.69, 9.17) is 4.74 Å². The summed E-state index contributed by atoms with van der Waals surface area (Å²) in [6.45, 7) is 2.49. The molecule has 2 aliphatic heterocycles. The fourth-order valence-electron chi connectivity index (χ4n) is 8.79. The van der Waals surface area contributed by atoms with E-state index in [0.29, 0.717) is 11.8 Å². The molecule has 184 valence electrons. The molecule has 2 N–H and O–H groups in total. The van der Waals surface area contributed by atoms with Gasteiger partial charge in [-0.15, -0.1) is 0 Å². The number of aliphatic hydroxyl groups is 2. The van der Waals surface area contributed by atoms with Crippen LogP contribution in [0.4, 0.5) is 0 Å². The summed E-state index contributed by atoms with van der Waals surface area (Å²) in [5.41, 5.74) is 2.97. The van der Waals surface area contributed by atoms with Crippen LogP contribution < -0.4 is 0 Å². The van der Waals surface area contributed by atoms with Gasteiger partial charge in [-0.1, -0.05) is 31.2 Å². The number of rotatable bonds is 2. The Morgan fingerprint density at radius 2 is 1.94 bits per heavy atom. The normalized spacial score (nSPS) is 44.0. The van der Waals surface area contributed by atoms with Crippen LogP contribution in [-0.2, 0) is 4.74 Å². The second-order valence-corrected chi connectivity index (χ2v) is 12.3. The summed E-state index contributed by atoms with van der Waals surface area (Å²) in [5.74, 6) is 0.937. The van der Waals surface area contributed by atoms with E-state index in [-0.39, 0.29) is 17.1 Å². The zero-order valence-electron chi connectivity index (χ0n) is 20.9. The fourth-order valence-corrected chi connectivity index (χ4v) is 8.79. The summed E-state index contributed by atoms with van der Waals surface area (Å²) in [7, 11) is 3.98. The van der Waals surface area contributed by atoms with E-state index < -0.39 is 17.8 Å². The maximum atomic E-state index is 11.2. The Kier molecular flexibility index (Phi) is 4.60. The first-order valence-corrected chi connectivity index (χ1v) is 13.3. The third-order valence-electron chi connectivity index (χ3n) is 10.6. The Hall–Kier alpha value is -2.05. The van der Waals surface area contributed by atoms with Crippen LogP contribution in [-0.4, -0.2) is 63.6 Å². The highest BCUT2D eigenvalue weighted by atomic mass is 16.5. The fraction of sp³-hybridized carbons (Fsp3) is 0.567. The number of hydrogen-bond donors (Lipinski definition) is 2. The van der Waals surface area contributed by atoms with E-state index in [1.165, 1.54) is 28.3 Å². The third kappa shape index (κ3) is 2.81. The molecule has 3 fully saturated rings. The lowest BCUT2D eigenvalue weighted by Crippen LogP contribution is -2.61. The SMILES string of the molecule is CN(C)[C@H]1C[C@@]23CC[C@@]4(O2)C(=CCC2(C)C(c5ccc6ccncc6c5)CC[C@H]24)C=C3[C@@H](O)C1O. The predicted octanol–water partition coefficient (Wildman–Crippen LogP) is 4.35. The van der Waals surface area contributed by atoms with E-state index >= 15 is 0 Å². The number of aliphatic hydroxyl groups excluding tert-OH is 2. The lowest BCUT2D eigenvalue weighted by Gasteiger charge is -2.56. The number of likely N-dealkylation sites (N-methyl/N-ethyl adjacent to an activating group) is 1. The van der Waals surface area contributed by atoms with E-state index in [1.54, 1.807) is 0 Å². The molecule has 2 bridgehead atoms. The van der Waals surface area contributed by atoms with Crippen LogP contribution in [0.3, 0.4) is 0 Å². The van der Waals surface area contributed by atoms with Gasteiger partial charge in [0.05, 0.1) is 17.3 Å². The van der Waals surface area contributed by atoms with Gasteiger partial charge in [-0.25, -0.2) is 0 Å². The van der Waals surface area contributed by atoms with Crippen LogP contribution in [0.25, 0.3) is 10.8 Å². The number of ether oxygens (including phenoxy) is 1. The van der Waals surface area contributed by atoms with Crippen molar-refractivity contribution in [3.8, 4) is 0 Å². The van der Waals surface area contributed by atoms with Gasteiger partial charge < -0.3 is 19.8 Å². The first kappa shape index (κ1) is 22.2. The molecule has 7 rings (SSSR count). The van der Waals surface area contributed by atoms with Crippen molar-refractivity contribution in [2.45, 2.75) is 80.8 Å². The van der Waals surface area contributed by atoms with Gasteiger partial charge in [0, 0.05) is 23.8 Å². The van der Waals surface area contributed by atoms with Crippen molar-refractivity contribution >= 4 is 10.8 Å². The molecule has 0 amide bonds. The molecule has 8 atom stereocenters. The molecule has 1 saturated heterocycles. The molecule has 2 saturated carbocycles. The molecular formula is C30H36N2O3. The molecule has 3 heterocycles. The summed E-state index contributed by atoms with van der Waals surface area (Å²) in [4.78, 5) is 6.40. The highest BCUT2D eigenvalue weighted by Gasteiger charge is 2.68. The summed E-state index contributed by atoms with van der Waals surface area (Å²) < 4.78 is 7.27. The molecule has 35 heavy (non-hydrogen) atoms. The van der Waals surface area contributed by atoms with E-state index in [9.17, 15) is 10.2 Å². The Balaban J connectivity index is 1.29. The first-order chi connectivity index (χ1) is 16.8. The standard InChI is InChI=1S/C30H36N2O3/c1-28-10-8-21-15-23-26(33)27(34)24(32(2)3)16-29(23)11-12-30(21,35-29)25(28)7-6-22(28)19-5-4-18-9-13-31-17-20(18)14-19/h4-5,8-9,13-15,17,22,24-27,33-34H,6-7,10-12,16H2,1-3H3/t22?,24-,25+,26+,27?,28?,29+,30+/m0/s1. The summed E-state index contributed by atoms with van der Waals surface area (Å²) in [6.07, 6.45) is 12.8. The predicted molar refractivity (Wildman–Crippen MR) is 136 cm³/mol. The van der Waals surface area contributed by atoms with Crippen molar-refractivity contribution in [3.63, 3.8) is 0 Å². The third-order valence-corrected chi connectivity index (χ3v) is 10.6. The molecule has 5 nitrogen and oxygen atoms in total. The van der Waals surface area contributed by atoms with Crippen LogP contribution >= 0.6 is 0 Å². The Bertz CT molecular complexity index is 1270. The molecule has 5 aliphatic rings. The Morgan fingerprint density at radius 1 is 1.09 bits per heavy atom. The van der Waals surface area contributed by atoms with Crippen molar-refractivity contribution in [2.24, 2.45) is 11.3 Å². The average Bonchev–Trinajstić information content (AvgIpc) is 3.37. The number of hydrogen-bond acceptors (Lipinski definition) is 5. The lowest BCUT2D eigenvalue weighted by molar-refractivity contribution is -0.165. The van der Waals surface area contributed by atoms with Gasteiger partial charge in [-0.3, -0.25) is 4.98 Å². The van der Waals surface area contributed by atoms with Gasteiger partial charge in [-0.2, -0.15) is 0 Å². The molecule has 1 aromatic heterocycles. The van der Waals surface area contributed by atoms with Crippen molar-refractivity contribution in [1.82, 2.24) is 9.88 Å². The summed E-state index contributed by atoms with van der Waals surface area (Å²) >= 11 is 0. The van der Waals surface area contributed by atoms with Gasteiger partial charge in [0.1, 0.15) is 6.10 Å². The lowest BCUT2D eigenvalue weighted by atomic mass is 9.58. The average molecular weight is 473 g/mol. The van der Waals surface area contributed by atoms with Gasteiger partial charge in [-0.05, 0) is 104 Å². The number of pyridine rings is 1. The first-order valence-electron chi connectivity index (χ1n) is 13.3. The molecule has 3 unspecified atom stereocenters. The highest BCUT2D eigenvalue weighted by molar-refractivity contribution is 5.82. The van der Waals surface area contributed by atoms with Crippen molar-refractivity contribution in [3.05, 3.63) is 65.5 Å². The number of benzene rings is 1. The monoisotopic (exact) mass is 472 g/mol. The van der Waals surface area contributed by atoms with Gasteiger partial charge >= 0.3 is 0 Å². The largest absolute Gasteiger partial charge is 0.388 e. The number of aromatic nitrogens is 1. The van der Waals surface area contributed by atoms with Crippen LogP contribution in [0.15, 0.2) is 60.0 Å². The number of fused-ring (bicyclic) bond motifs is 2. The zero-order chi connectivity index (χ0) is 24.2. The van der Waals surface area contributed by atoms with Crippen LogP contribution in [0, 0.1) is 11.3 Å². The minimum atomic E-state index is -0.871. The van der Waals surface area contributed by atoms with Crippen LogP contribution in [0.1, 0.15) is 56.9 Å². The molecule has 2 aromatic rings.